The lowest BCUT2D eigenvalue weighted by atomic mass is 9.92. The Morgan fingerprint density at radius 2 is 1.68 bits per heavy atom. The molecule has 0 spiro atoms. The number of hydrogen-bond donors (Lipinski definition) is 3. The minimum atomic E-state index is -1.25. The van der Waals surface area contributed by atoms with Crippen molar-refractivity contribution in [3.63, 3.8) is 0 Å². The molecule has 0 radical (unpaired) electrons. The number of anilines is 2. The van der Waals surface area contributed by atoms with E-state index in [4.69, 9.17) is 0 Å². The van der Waals surface area contributed by atoms with Crippen LogP contribution in [0.1, 0.15) is 31.7 Å². The van der Waals surface area contributed by atoms with Gasteiger partial charge in [-0.3, -0.25) is 9.59 Å². The molecule has 1 fully saturated rings. The Kier molecular flexibility index (Phi) is 4.86. The van der Waals surface area contributed by atoms with Crippen LogP contribution in [0.2, 0.25) is 0 Å². The van der Waals surface area contributed by atoms with Crippen molar-refractivity contribution in [3.8, 4) is 0 Å². The van der Waals surface area contributed by atoms with Gasteiger partial charge in [-0.2, -0.15) is 0 Å². The van der Waals surface area contributed by atoms with E-state index < -0.39 is 5.60 Å². The normalized spacial score (nSPS) is 15.9. The summed E-state index contributed by atoms with van der Waals surface area (Å²) in [5.74, 6) is -0.144. The standard InChI is InChI=1S/C20H22N2O3/c1-20(25,15-6-3-2-4-7-15)13-18(23)21-16-8-5-9-17(12-16)22-19(24)14-10-11-14/h2-9,12,14,25H,10-11,13H2,1H3,(H,21,23)(H,22,24). The van der Waals surface area contributed by atoms with Crippen molar-refractivity contribution in [2.75, 3.05) is 10.6 Å². The molecule has 1 saturated carbocycles. The highest BCUT2D eigenvalue weighted by molar-refractivity contribution is 5.96. The number of nitrogens with one attached hydrogen (secondary N) is 2. The summed E-state index contributed by atoms with van der Waals surface area (Å²) < 4.78 is 0. The molecule has 2 amide bonds. The first-order valence-corrected chi connectivity index (χ1v) is 8.43. The van der Waals surface area contributed by atoms with Gasteiger partial charge in [-0.25, -0.2) is 0 Å². The average molecular weight is 338 g/mol. The number of aliphatic hydroxyl groups is 1. The molecule has 0 heterocycles. The summed E-state index contributed by atoms with van der Waals surface area (Å²) in [5.41, 5.74) is 0.686. The van der Waals surface area contributed by atoms with E-state index >= 15 is 0 Å². The van der Waals surface area contributed by atoms with E-state index in [1.54, 1.807) is 43.3 Å². The predicted octanol–water partition coefficient (Wildman–Crippen LogP) is 3.27. The van der Waals surface area contributed by atoms with Crippen LogP contribution in [0.15, 0.2) is 54.6 Å². The summed E-state index contributed by atoms with van der Waals surface area (Å²) in [6, 6.07) is 16.1. The molecule has 0 bridgehead atoms. The summed E-state index contributed by atoms with van der Waals surface area (Å²) in [6.45, 7) is 1.62. The number of rotatable bonds is 6. The molecule has 3 N–H and O–H groups in total. The van der Waals surface area contributed by atoms with E-state index in [1.807, 2.05) is 18.2 Å². The van der Waals surface area contributed by atoms with Gasteiger partial charge >= 0.3 is 0 Å². The van der Waals surface area contributed by atoms with E-state index in [9.17, 15) is 14.7 Å². The largest absolute Gasteiger partial charge is 0.385 e. The van der Waals surface area contributed by atoms with E-state index in [1.165, 1.54) is 0 Å². The third kappa shape index (κ3) is 4.67. The van der Waals surface area contributed by atoms with E-state index in [0.717, 1.165) is 12.8 Å². The Bertz CT molecular complexity index is 768. The highest BCUT2D eigenvalue weighted by atomic mass is 16.3. The van der Waals surface area contributed by atoms with Crippen LogP contribution in [0, 0.1) is 5.92 Å². The van der Waals surface area contributed by atoms with Gasteiger partial charge in [-0.1, -0.05) is 36.4 Å². The van der Waals surface area contributed by atoms with Gasteiger partial charge in [-0.15, -0.1) is 0 Å². The lowest BCUT2D eigenvalue weighted by Gasteiger charge is -2.23. The van der Waals surface area contributed by atoms with Gasteiger partial charge in [0.05, 0.1) is 12.0 Å². The number of carbonyl (C=O) groups excluding carboxylic acids is 2. The fraction of sp³-hybridized carbons (Fsp3) is 0.300. The number of benzene rings is 2. The fourth-order valence-corrected chi connectivity index (χ4v) is 2.68. The summed E-state index contributed by atoms with van der Waals surface area (Å²) >= 11 is 0. The summed E-state index contributed by atoms with van der Waals surface area (Å²) in [7, 11) is 0. The summed E-state index contributed by atoms with van der Waals surface area (Å²) in [4.78, 5) is 24.1. The van der Waals surface area contributed by atoms with Gasteiger partial charge < -0.3 is 15.7 Å². The number of hydrogen-bond acceptors (Lipinski definition) is 3. The molecular weight excluding hydrogens is 316 g/mol. The van der Waals surface area contributed by atoms with Gasteiger partial charge in [-0.05, 0) is 43.5 Å². The molecule has 5 nitrogen and oxygen atoms in total. The molecule has 1 aliphatic rings. The SMILES string of the molecule is CC(O)(CC(=O)Nc1cccc(NC(=O)C2CC2)c1)c1ccccc1. The maximum atomic E-state index is 12.3. The quantitative estimate of drug-likeness (QED) is 0.756. The number of carbonyl (C=O) groups is 2. The first-order valence-electron chi connectivity index (χ1n) is 8.43. The first kappa shape index (κ1) is 17.2. The smallest absolute Gasteiger partial charge is 0.227 e. The first-order chi connectivity index (χ1) is 11.9. The molecule has 3 rings (SSSR count). The van der Waals surface area contributed by atoms with Crippen LogP contribution in [0.3, 0.4) is 0 Å². The van der Waals surface area contributed by atoms with Crippen molar-refractivity contribution in [1.29, 1.82) is 0 Å². The van der Waals surface area contributed by atoms with Crippen LogP contribution in [-0.4, -0.2) is 16.9 Å². The fourth-order valence-electron chi connectivity index (χ4n) is 2.68. The Morgan fingerprint density at radius 1 is 1.04 bits per heavy atom. The molecule has 1 unspecified atom stereocenters. The average Bonchev–Trinajstić information content (AvgIpc) is 3.40. The molecule has 1 aliphatic carbocycles. The van der Waals surface area contributed by atoms with Gasteiger partial charge in [0.15, 0.2) is 0 Å². The van der Waals surface area contributed by atoms with E-state index in [-0.39, 0.29) is 24.2 Å². The third-order valence-electron chi connectivity index (χ3n) is 4.26. The molecule has 0 aliphatic heterocycles. The molecule has 0 saturated heterocycles. The third-order valence-corrected chi connectivity index (χ3v) is 4.26. The minimum Gasteiger partial charge on any atom is -0.385 e. The van der Waals surface area contributed by atoms with Gasteiger partial charge in [0.25, 0.3) is 0 Å². The van der Waals surface area contributed by atoms with Crippen molar-refractivity contribution in [2.24, 2.45) is 5.92 Å². The Hall–Kier alpha value is -2.66. The van der Waals surface area contributed by atoms with Crippen molar-refractivity contribution in [2.45, 2.75) is 31.8 Å². The lowest BCUT2D eigenvalue weighted by Crippen LogP contribution is -2.28. The van der Waals surface area contributed by atoms with E-state index in [2.05, 4.69) is 10.6 Å². The molecule has 5 heteroatoms. The van der Waals surface area contributed by atoms with Crippen molar-refractivity contribution in [3.05, 3.63) is 60.2 Å². The molecule has 2 aromatic rings. The zero-order valence-electron chi connectivity index (χ0n) is 14.2. The van der Waals surface area contributed by atoms with Gasteiger partial charge in [0, 0.05) is 17.3 Å². The van der Waals surface area contributed by atoms with Crippen molar-refractivity contribution >= 4 is 23.2 Å². The van der Waals surface area contributed by atoms with Gasteiger partial charge in [0.2, 0.25) is 11.8 Å². The molecule has 1 atom stereocenters. The summed E-state index contributed by atoms with van der Waals surface area (Å²) in [5, 5.41) is 16.2. The Labute approximate surface area is 147 Å². The van der Waals surface area contributed by atoms with Crippen LogP contribution < -0.4 is 10.6 Å². The molecule has 2 aromatic carbocycles. The van der Waals surface area contributed by atoms with Gasteiger partial charge in [0.1, 0.15) is 0 Å². The molecule has 0 aromatic heterocycles. The lowest BCUT2D eigenvalue weighted by molar-refractivity contribution is -0.121. The van der Waals surface area contributed by atoms with E-state index in [0.29, 0.717) is 16.9 Å². The second-order valence-electron chi connectivity index (χ2n) is 6.71. The maximum Gasteiger partial charge on any atom is 0.227 e. The van der Waals surface area contributed by atoms with Crippen LogP contribution in [0.25, 0.3) is 0 Å². The highest BCUT2D eigenvalue weighted by Crippen LogP contribution is 2.30. The zero-order valence-corrected chi connectivity index (χ0v) is 14.2. The topological polar surface area (TPSA) is 78.4 Å². The van der Waals surface area contributed by atoms with Crippen molar-refractivity contribution in [1.82, 2.24) is 0 Å². The molecular formula is C20H22N2O3. The highest BCUT2D eigenvalue weighted by Gasteiger charge is 2.29. The van der Waals surface area contributed by atoms with Crippen LogP contribution in [-0.2, 0) is 15.2 Å². The monoisotopic (exact) mass is 338 g/mol. The van der Waals surface area contributed by atoms with Crippen LogP contribution >= 0.6 is 0 Å². The second-order valence-corrected chi connectivity index (χ2v) is 6.71. The Balaban J connectivity index is 1.61. The molecule has 25 heavy (non-hydrogen) atoms. The van der Waals surface area contributed by atoms with Crippen LogP contribution in [0.4, 0.5) is 11.4 Å². The van der Waals surface area contributed by atoms with Crippen LogP contribution in [0.5, 0.6) is 0 Å². The predicted molar refractivity (Wildman–Crippen MR) is 97.1 cm³/mol. The maximum absolute atomic E-state index is 12.3. The summed E-state index contributed by atoms with van der Waals surface area (Å²) in [6.07, 6.45) is 1.82. The minimum absolute atomic E-state index is 0.0236. The Morgan fingerprint density at radius 3 is 2.32 bits per heavy atom. The number of amides is 2. The zero-order chi connectivity index (χ0) is 17.9. The van der Waals surface area contributed by atoms with Crippen molar-refractivity contribution < 1.29 is 14.7 Å². The molecule has 130 valence electrons. The second kappa shape index (κ2) is 7.07.